The molecule has 0 radical (unpaired) electrons. The molecule has 0 unspecified atom stereocenters. The summed E-state index contributed by atoms with van der Waals surface area (Å²) in [6, 6.07) is 5.89. The van der Waals surface area contributed by atoms with E-state index in [0.717, 1.165) is 15.6 Å². The number of fused-ring (bicyclic) bond motifs is 1. The summed E-state index contributed by atoms with van der Waals surface area (Å²) in [5, 5.41) is 6.09. The van der Waals surface area contributed by atoms with Gasteiger partial charge in [-0.25, -0.2) is 0 Å². The van der Waals surface area contributed by atoms with Crippen molar-refractivity contribution in [2.75, 3.05) is 18.8 Å². The normalized spacial score (nSPS) is 10.5. The Hall–Kier alpha value is -2.08. The Bertz CT molecular complexity index is 664. The van der Waals surface area contributed by atoms with Gasteiger partial charge in [0, 0.05) is 16.6 Å². The Morgan fingerprint density at radius 3 is 2.75 bits per heavy atom. The number of hydrogen-bond donors (Lipinski definition) is 3. The van der Waals surface area contributed by atoms with Crippen LogP contribution in [0.5, 0.6) is 0 Å². The lowest BCUT2D eigenvalue weighted by Crippen LogP contribution is -2.36. The van der Waals surface area contributed by atoms with E-state index in [1.807, 2.05) is 32.0 Å². The van der Waals surface area contributed by atoms with Gasteiger partial charge in [-0.05, 0) is 26.0 Å². The van der Waals surface area contributed by atoms with E-state index >= 15 is 0 Å². The highest BCUT2D eigenvalue weighted by Gasteiger charge is 2.16. The molecule has 5 nitrogen and oxygen atoms in total. The Morgan fingerprint density at radius 2 is 2.05 bits per heavy atom. The topological polar surface area (TPSA) is 84.2 Å². The third kappa shape index (κ3) is 2.91. The van der Waals surface area contributed by atoms with Gasteiger partial charge in [0.2, 0.25) is 5.91 Å². The number of carbonyl (C=O) groups excluding carboxylic acids is 2. The highest BCUT2D eigenvalue weighted by Crippen LogP contribution is 2.33. The maximum atomic E-state index is 12.1. The van der Waals surface area contributed by atoms with Gasteiger partial charge >= 0.3 is 0 Å². The van der Waals surface area contributed by atoms with Crippen molar-refractivity contribution in [3.63, 3.8) is 0 Å². The highest BCUT2D eigenvalue weighted by molar-refractivity contribution is 7.21. The second kappa shape index (κ2) is 5.92. The van der Waals surface area contributed by atoms with E-state index in [-0.39, 0.29) is 18.4 Å². The number of nitrogen functional groups attached to an aromatic ring is 1. The van der Waals surface area contributed by atoms with E-state index in [1.165, 1.54) is 11.3 Å². The van der Waals surface area contributed by atoms with E-state index in [9.17, 15) is 9.59 Å². The molecule has 20 heavy (non-hydrogen) atoms. The minimum absolute atomic E-state index is 0.0423. The van der Waals surface area contributed by atoms with Crippen molar-refractivity contribution in [2.45, 2.75) is 13.8 Å². The summed E-state index contributed by atoms with van der Waals surface area (Å²) in [6.07, 6.45) is 0. The Morgan fingerprint density at radius 1 is 1.30 bits per heavy atom. The molecule has 2 aromatic rings. The minimum atomic E-state index is -0.312. The lowest BCUT2D eigenvalue weighted by Gasteiger charge is -2.04. The van der Waals surface area contributed by atoms with Gasteiger partial charge in [-0.3, -0.25) is 9.59 Å². The standard InChI is InChI=1S/C14H17N3O2S/c1-3-16-11(18)7-17-14(19)13-12(15)9-6-8(2)4-5-10(9)20-13/h4-6H,3,7,15H2,1-2H3,(H,16,18)(H,17,19). The first-order chi connectivity index (χ1) is 9.52. The number of nitrogens with one attached hydrogen (secondary N) is 2. The van der Waals surface area contributed by atoms with E-state index in [1.54, 1.807) is 0 Å². The third-order valence-electron chi connectivity index (χ3n) is 2.87. The number of rotatable bonds is 4. The van der Waals surface area contributed by atoms with E-state index in [2.05, 4.69) is 10.6 Å². The predicted octanol–water partition coefficient (Wildman–Crippen LogP) is 1.66. The number of thiophene rings is 1. The fraction of sp³-hybridized carbons (Fsp3) is 0.286. The van der Waals surface area contributed by atoms with Crippen LogP contribution in [0.1, 0.15) is 22.2 Å². The summed E-state index contributed by atoms with van der Waals surface area (Å²) in [4.78, 5) is 23.8. The molecule has 2 amide bonds. The highest BCUT2D eigenvalue weighted by atomic mass is 32.1. The lowest BCUT2D eigenvalue weighted by atomic mass is 10.1. The van der Waals surface area contributed by atoms with Crippen LogP contribution < -0.4 is 16.4 Å². The number of nitrogens with two attached hydrogens (primary N) is 1. The van der Waals surface area contributed by atoms with Crippen LogP contribution >= 0.6 is 11.3 Å². The molecule has 0 bridgehead atoms. The average Bonchev–Trinajstić information content (AvgIpc) is 2.74. The van der Waals surface area contributed by atoms with Crippen molar-refractivity contribution in [1.29, 1.82) is 0 Å². The molecule has 4 N–H and O–H groups in total. The van der Waals surface area contributed by atoms with Crippen LogP contribution in [0.3, 0.4) is 0 Å². The largest absolute Gasteiger partial charge is 0.397 e. The summed E-state index contributed by atoms with van der Waals surface area (Å²) < 4.78 is 0.969. The number of likely N-dealkylation sites (N-methyl/N-ethyl adjacent to an activating group) is 1. The molecule has 0 aliphatic rings. The number of aryl methyl sites for hydroxylation is 1. The van der Waals surface area contributed by atoms with Crippen molar-refractivity contribution >= 4 is 38.9 Å². The number of amides is 2. The number of anilines is 1. The van der Waals surface area contributed by atoms with Gasteiger partial charge in [0.25, 0.3) is 5.91 Å². The molecule has 0 aliphatic heterocycles. The zero-order chi connectivity index (χ0) is 14.7. The van der Waals surface area contributed by atoms with Crippen molar-refractivity contribution in [1.82, 2.24) is 10.6 Å². The zero-order valence-corrected chi connectivity index (χ0v) is 12.3. The van der Waals surface area contributed by atoms with Crippen LogP contribution in [-0.2, 0) is 4.79 Å². The van der Waals surface area contributed by atoms with Gasteiger partial charge in [0.1, 0.15) is 4.88 Å². The van der Waals surface area contributed by atoms with Crippen molar-refractivity contribution in [3.8, 4) is 0 Å². The number of benzene rings is 1. The first-order valence-electron chi connectivity index (χ1n) is 6.36. The molecular formula is C14H17N3O2S. The molecule has 0 atom stereocenters. The molecule has 0 saturated carbocycles. The van der Waals surface area contributed by atoms with E-state index in [0.29, 0.717) is 17.1 Å². The van der Waals surface area contributed by atoms with Gasteiger partial charge in [0.05, 0.1) is 12.2 Å². The quantitative estimate of drug-likeness (QED) is 0.801. The fourth-order valence-electron chi connectivity index (χ4n) is 1.90. The van der Waals surface area contributed by atoms with Gasteiger partial charge in [-0.15, -0.1) is 11.3 Å². The molecule has 1 aromatic heterocycles. The van der Waals surface area contributed by atoms with Crippen LogP contribution in [0.2, 0.25) is 0 Å². The molecule has 0 spiro atoms. The fourth-order valence-corrected chi connectivity index (χ4v) is 2.92. The number of hydrogen-bond acceptors (Lipinski definition) is 4. The summed E-state index contributed by atoms with van der Waals surface area (Å²) in [6.45, 7) is 4.30. The smallest absolute Gasteiger partial charge is 0.263 e. The molecule has 106 valence electrons. The van der Waals surface area contributed by atoms with Crippen LogP contribution in [-0.4, -0.2) is 24.9 Å². The summed E-state index contributed by atoms with van der Waals surface area (Å²) >= 11 is 1.34. The zero-order valence-electron chi connectivity index (χ0n) is 11.4. The van der Waals surface area contributed by atoms with Crippen molar-refractivity contribution in [2.24, 2.45) is 0 Å². The average molecular weight is 291 g/mol. The molecule has 0 aliphatic carbocycles. The first-order valence-corrected chi connectivity index (χ1v) is 7.18. The lowest BCUT2D eigenvalue weighted by molar-refractivity contribution is -0.120. The monoisotopic (exact) mass is 291 g/mol. The second-order valence-corrected chi connectivity index (χ2v) is 5.53. The van der Waals surface area contributed by atoms with Crippen LogP contribution in [0.4, 0.5) is 5.69 Å². The molecule has 0 saturated heterocycles. The van der Waals surface area contributed by atoms with E-state index in [4.69, 9.17) is 5.73 Å². The molecule has 6 heteroatoms. The Kier molecular flexibility index (Phi) is 4.24. The molecule has 1 aromatic carbocycles. The first kappa shape index (κ1) is 14.3. The predicted molar refractivity (Wildman–Crippen MR) is 82.0 cm³/mol. The van der Waals surface area contributed by atoms with Crippen LogP contribution in [0.15, 0.2) is 18.2 Å². The van der Waals surface area contributed by atoms with Crippen LogP contribution in [0, 0.1) is 6.92 Å². The van der Waals surface area contributed by atoms with Gasteiger partial charge in [-0.1, -0.05) is 11.6 Å². The maximum Gasteiger partial charge on any atom is 0.263 e. The van der Waals surface area contributed by atoms with Crippen molar-refractivity contribution < 1.29 is 9.59 Å². The third-order valence-corrected chi connectivity index (χ3v) is 4.06. The molecule has 0 fully saturated rings. The van der Waals surface area contributed by atoms with Crippen LogP contribution in [0.25, 0.3) is 10.1 Å². The SMILES string of the molecule is CCNC(=O)CNC(=O)c1sc2ccc(C)cc2c1N. The van der Waals surface area contributed by atoms with Gasteiger partial charge in [0.15, 0.2) is 0 Å². The van der Waals surface area contributed by atoms with Crippen molar-refractivity contribution in [3.05, 3.63) is 28.6 Å². The molecular weight excluding hydrogens is 274 g/mol. The summed E-state index contributed by atoms with van der Waals surface area (Å²) in [5.41, 5.74) is 7.59. The molecule has 1 heterocycles. The Balaban J connectivity index is 2.18. The van der Waals surface area contributed by atoms with Gasteiger partial charge in [-0.2, -0.15) is 0 Å². The summed E-state index contributed by atoms with van der Waals surface area (Å²) in [5.74, 6) is -0.524. The minimum Gasteiger partial charge on any atom is -0.397 e. The molecule has 2 rings (SSSR count). The number of carbonyl (C=O) groups is 2. The van der Waals surface area contributed by atoms with Gasteiger partial charge < -0.3 is 16.4 Å². The van der Waals surface area contributed by atoms with E-state index < -0.39 is 0 Å². The summed E-state index contributed by atoms with van der Waals surface area (Å²) in [7, 11) is 0. The Labute approximate surface area is 121 Å². The second-order valence-electron chi connectivity index (χ2n) is 4.48. The maximum absolute atomic E-state index is 12.1.